The molecule has 1 aliphatic rings. The lowest BCUT2D eigenvalue weighted by Crippen LogP contribution is -2.34. The lowest BCUT2D eigenvalue weighted by Gasteiger charge is -2.20. The van der Waals surface area contributed by atoms with Gasteiger partial charge in [-0.15, -0.1) is 0 Å². The number of nitrogens with zero attached hydrogens (tertiary/aromatic N) is 1. The topological polar surface area (TPSA) is 57.6 Å². The molecule has 0 aliphatic carbocycles. The molecule has 1 N–H and O–H groups in total. The molecule has 5 heteroatoms. The van der Waals surface area contributed by atoms with Crippen molar-refractivity contribution in [2.24, 2.45) is 5.92 Å². The van der Waals surface area contributed by atoms with Gasteiger partial charge in [-0.3, -0.25) is 9.59 Å². The number of hydrogen-bond donors (Lipinski definition) is 1. The van der Waals surface area contributed by atoms with Crippen molar-refractivity contribution in [3.63, 3.8) is 0 Å². The zero-order valence-corrected chi connectivity index (χ0v) is 10.6. The van der Waals surface area contributed by atoms with Crippen LogP contribution < -0.4 is 0 Å². The van der Waals surface area contributed by atoms with E-state index in [9.17, 15) is 14.7 Å². The average Bonchev–Trinajstić information content (AvgIpc) is 2.43. The van der Waals surface area contributed by atoms with Gasteiger partial charge in [-0.05, 0) is 19.1 Å². The third-order valence-electron chi connectivity index (χ3n) is 2.62. The van der Waals surface area contributed by atoms with E-state index in [1.54, 1.807) is 23.6 Å². The van der Waals surface area contributed by atoms with Gasteiger partial charge in [0.15, 0.2) is 0 Å². The summed E-state index contributed by atoms with van der Waals surface area (Å²) in [7, 11) is 0. The Morgan fingerprint density at radius 1 is 1.62 bits per heavy atom. The van der Waals surface area contributed by atoms with Gasteiger partial charge in [0.1, 0.15) is 12.0 Å². The SMILES string of the molecule is CC(=O)CSCCCN1C(=O)C(C)CC1O. The number of aliphatic hydroxyl groups is 1. The molecular weight excluding hydrogens is 226 g/mol. The molecule has 1 aliphatic heterocycles. The molecule has 92 valence electrons. The van der Waals surface area contributed by atoms with Crippen LogP contribution in [0, 0.1) is 5.92 Å². The number of Topliss-reactive ketones (excluding diaryl/α,β-unsaturated/α-hetero) is 1. The first-order chi connectivity index (χ1) is 7.52. The van der Waals surface area contributed by atoms with Crippen LogP contribution in [-0.4, -0.2) is 46.0 Å². The Labute approximate surface area is 100 Å². The molecule has 0 bridgehead atoms. The summed E-state index contributed by atoms with van der Waals surface area (Å²) in [6, 6.07) is 0. The second-order valence-electron chi connectivity index (χ2n) is 4.26. The van der Waals surface area contributed by atoms with Gasteiger partial charge in [0.2, 0.25) is 5.91 Å². The Morgan fingerprint density at radius 2 is 2.31 bits per heavy atom. The van der Waals surface area contributed by atoms with Crippen molar-refractivity contribution in [3.8, 4) is 0 Å². The van der Waals surface area contributed by atoms with Crippen LogP contribution in [0.25, 0.3) is 0 Å². The Hall–Kier alpha value is -0.550. The Bertz CT molecular complexity index is 270. The van der Waals surface area contributed by atoms with E-state index in [0.29, 0.717) is 18.7 Å². The minimum absolute atomic E-state index is 0.0454. The van der Waals surface area contributed by atoms with Gasteiger partial charge in [0.25, 0.3) is 0 Å². The lowest BCUT2D eigenvalue weighted by molar-refractivity contribution is -0.135. The highest BCUT2D eigenvalue weighted by atomic mass is 32.2. The van der Waals surface area contributed by atoms with Gasteiger partial charge in [-0.2, -0.15) is 11.8 Å². The molecule has 2 atom stereocenters. The number of aliphatic hydroxyl groups excluding tert-OH is 1. The van der Waals surface area contributed by atoms with Crippen LogP contribution in [0.15, 0.2) is 0 Å². The number of thioether (sulfide) groups is 1. The standard InChI is InChI=1S/C11H19NO3S/c1-8-6-10(14)12(11(8)15)4-3-5-16-7-9(2)13/h8,10,14H,3-7H2,1-2H3. The van der Waals surface area contributed by atoms with E-state index >= 15 is 0 Å². The van der Waals surface area contributed by atoms with Crippen molar-refractivity contribution in [2.45, 2.75) is 32.9 Å². The zero-order chi connectivity index (χ0) is 12.1. The van der Waals surface area contributed by atoms with Crippen molar-refractivity contribution in [2.75, 3.05) is 18.1 Å². The molecule has 0 radical (unpaired) electrons. The fourth-order valence-electron chi connectivity index (χ4n) is 1.79. The molecule has 0 aromatic heterocycles. The normalized spacial score (nSPS) is 25.2. The molecule has 2 unspecified atom stereocenters. The van der Waals surface area contributed by atoms with E-state index in [0.717, 1.165) is 12.2 Å². The minimum atomic E-state index is -0.611. The third-order valence-corrected chi connectivity index (χ3v) is 3.81. The lowest BCUT2D eigenvalue weighted by atomic mass is 10.1. The zero-order valence-electron chi connectivity index (χ0n) is 9.81. The van der Waals surface area contributed by atoms with Crippen LogP contribution >= 0.6 is 11.8 Å². The molecule has 4 nitrogen and oxygen atoms in total. The number of hydrogen-bond acceptors (Lipinski definition) is 4. The van der Waals surface area contributed by atoms with Crippen molar-refractivity contribution in [1.82, 2.24) is 4.90 Å². The van der Waals surface area contributed by atoms with Crippen LogP contribution in [0.3, 0.4) is 0 Å². The average molecular weight is 245 g/mol. The highest BCUT2D eigenvalue weighted by Crippen LogP contribution is 2.22. The molecule has 0 aromatic carbocycles. The summed E-state index contributed by atoms with van der Waals surface area (Å²) in [5.41, 5.74) is 0. The van der Waals surface area contributed by atoms with E-state index < -0.39 is 6.23 Å². The molecule has 1 heterocycles. The maximum absolute atomic E-state index is 11.6. The summed E-state index contributed by atoms with van der Waals surface area (Å²) in [6.07, 6.45) is 0.757. The molecule has 1 amide bonds. The first kappa shape index (κ1) is 13.5. The fraction of sp³-hybridized carbons (Fsp3) is 0.818. The third kappa shape index (κ3) is 3.79. The van der Waals surface area contributed by atoms with Gasteiger partial charge in [-0.1, -0.05) is 6.92 Å². The van der Waals surface area contributed by atoms with Crippen LogP contribution in [0.4, 0.5) is 0 Å². The number of carbonyl (C=O) groups excluding carboxylic acids is 2. The quantitative estimate of drug-likeness (QED) is 0.706. The van der Waals surface area contributed by atoms with Crippen molar-refractivity contribution in [3.05, 3.63) is 0 Å². The monoisotopic (exact) mass is 245 g/mol. The van der Waals surface area contributed by atoms with Crippen LogP contribution in [-0.2, 0) is 9.59 Å². The van der Waals surface area contributed by atoms with E-state index in [-0.39, 0.29) is 17.6 Å². The molecular formula is C11H19NO3S. The maximum atomic E-state index is 11.6. The summed E-state index contributed by atoms with van der Waals surface area (Å²) < 4.78 is 0. The van der Waals surface area contributed by atoms with Gasteiger partial charge in [-0.25, -0.2) is 0 Å². The number of amides is 1. The largest absolute Gasteiger partial charge is 0.374 e. The van der Waals surface area contributed by atoms with E-state index in [1.807, 2.05) is 6.92 Å². The van der Waals surface area contributed by atoms with Crippen LogP contribution in [0.1, 0.15) is 26.7 Å². The van der Waals surface area contributed by atoms with Crippen LogP contribution in [0.5, 0.6) is 0 Å². The van der Waals surface area contributed by atoms with Gasteiger partial charge in [0.05, 0.1) is 5.75 Å². The molecule has 1 saturated heterocycles. The number of carbonyl (C=O) groups is 2. The Balaban J connectivity index is 2.17. The molecule has 0 spiro atoms. The smallest absolute Gasteiger partial charge is 0.227 e. The second-order valence-corrected chi connectivity index (χ2v) is 5.36. The first-order valence-corrected chi connectivity index (χ1v) is 6.73. The summed E-state index contributed by atoms with van der Waals surface area (Å²) in [4.78, 5) is 23.8. The molecule has 16 heavy (non-hydrogen) atoms. The molecule has 0 aromatic rings. The highest BCUT2D eigenvalue weighted by Gasteiger charge is 2.34. The fourth-order valence-corrected chi connectivity index (χ4v) is 2.55. The van der Waals surface area contributed by atoms with Crippen molar-refractivity contribution < 1.29 is 14.7 Å². The number of likely N-dealkylation sites (tertiary alicyclic amines) is 1. The predicted molar refractivity (Wildman–Crippen MR) is 64.1 cm³/mol. The molecule has 1 fully saturated rings. The van der Waals surface area contributed by atoms with E-state index in [1.165, 1.54) is 0 Å². The Kier molecular flexibility index (Phi) is 5.28. The summed E-state index contributed by atoms with van der Waals surface area (Å²) >= 11 is 1.58. The van der Waals surface area contributed by atoms with Gasteiger partial charge in [0, 0.05) is 18.9 Å². The second kappa shape index (κ2) is 6.25. The number of ketones is 1. The van der Waals surface area contributed by atoms with E-state index in [4.69, 9.17) is 0 Å². The Morgan fingerprint density at radius 3 is 2.81 bits per heavy atom. The van der Waals surface area contributed by atoms with Crippen LogP contribution in [0.2, 0.25) is 0 Å². The highest BCUT2D eigenvalue weighted by molar-refractivity contribution is 7.99. The maximum Gasteiger partial charge on any atom is 0.227 e. The minimum Gasteiger partial charge on any atom is -0.374 e. The van der Waals surface area contributed by atoms with Crippen molar-refractivity contribution in [1.29, 1.82) is 0 Å². The van der Waals surface area contributed by atoms with Crippen molar-refractivity contribution >= 4 is 23.5 Å². The van der Waals surface area contributed by atoms with Gasteiger partial charge >= 0.3 is 0 Å². The number of rotatable bonds is 6. The van der Waals surface area contributed by atoms with E-state index in [2.05, 4.69) is 0 Å². The molecule has 1 rings (SSSR count). The molecule has 0 saturated carbocycles. The summed E-state index contributed by atoms with van der Waals surface area (Å²) in [6.45, 7) is 4.01. The van der Waals surface area contributed by atoms with Gasteiger partial charge < -0.3 is 10.0 Å². The first-order valence-electron chi connectivity index (χ1n) is 5.58. The predicted octanol–water partition coefficient (Wildman–Crippen LogP) is 0.885. The summed E-state index contributed by atoms with van der Waals surface area (Å²) in [5.74, 6) is 1.55. The summed E-state index contributed by atoms with van der Waals surface area (Å²) in [5, 5.41) is 9.62.